The molecule has 3 aromatic carbocycles. The van der Waals surface area contributed by atoms with Gasteiger partial charge in [-0.15, -0.1) is 0 Å². The molecule has 0 fully saturated rings. The van der Waals surface area contributed by atoms with Crippen LogP contribution in [0.15, 0.2) is 72.8 Å². The second-order valence-corrected chi connectivity index (χ2v) is 8.67. The van der Waals surface area contributed by atoms with Gasteiger partial charge in [-0.1, -0.05) is 53.5 Å². The average molecular weight is 480 g/mol. The molecule has 0 unspecified atom stereocenters. The summed E-state index contributed by atoms with van der Waals surface area (Å²) in [6, 6.07) is 22.4. The summed E-state index contributed by atoms with van der Waals surface area (Å²) in [5, 5.41) is 8.64. The van der Waals surface area contributed by atoms with E-state index in [9.17, 15) is 4.79 Å². The minimum atomic E-state index is -0.222. The fraction of sp³-hybridized carbons (Fsp3) is 0.154. The van der Waals surface area contributed by atoms with Crippen molar-refractivity contribution in [2.75, 3.05) is 5.32 Å². The largest absolute Gasteiger partial charge is 0.487 e. The summed E-state index contributed by atoms with van der Waals surface area (Å²) < 4.78 is 7.66. The molecule has 33 heavy (non-hydrogen) atoms. The predicted octanol–water partition coefficient (Wildman–Crippen LogP) is 6.69. The van der Waals surface area contributed by atoms with Gasteiger partial charge < -0.3 is 10.1 Å². The highest BCUT2D eigenvalue weighted by Crippen LogP contribution is 2.26. The first-order chi connectivity index (χ1) is 15.9. The fourth-order valence-corrected chi connectivity index (χ4v) is 3.62. The second-order valence-electron chi connectivity index (χ2n) is 7.83. The van der Waals surface area contributed by atoms with E-state index in [0.29, 0.717) is 40.3 Å². The number of nitrogens with zero attached hydrogens (tertiary/aromatic N) is 2. The molecule has 0 aliphatic heterocycles. The third kappa shape index (κ3) is 5.95. The van der Waals surface area contributed by atoms with Crippen molar-refractivity contribution in [1.82, 2.24) is 9.78 Å². The first kappa shape index (κ1) is 22.9. The Bertz CT molecular complexity index is 1270. The molecule has 0 radical (unpaired) electrons. The third-order valence-electron chi connectivity index (χ3n) is 5.17. The fourth-order valence-electron chi connectivity index (χ4n) is 3.32. The van der Waals surface area contributed by atoms with Crippen LogP contribution < -0.4 is 10.1 Å². The Morgan fingerprint density at radius 2 is 1.64 bits per heavy atom. The van der Waals surface area contributed by atoms with Gasteiger partial charge in [-0.2, -0.15) is 5.10 Å². The molecule has 4 aromatic rings. The molecule has 1 amide bonds. The van der Waals surface area contributed by atoms with Crippen molar-refractivity contribution in [3.63, 3.8) is 0 Å². The molecule has 0 aliphatic rings. The smallest absolute Gasteiger partial charge is 0.256 e. The number of carbonyl (C=O) groups is 1. The number of aryl methyl sites for hydroxylation is 2. The zero-order valence-electron chi connectivity index (χ0n) is 18.3. The summed E-state index contributed by atoms with van der Waals surface area (Å²) in [5.74, 6) is 0.927. The molecule has 0 bridgehead atoms. The molecule has 5 nitrogen and oxygen atoms in total. The number of carbonyl (C=O) groups excluding carboxylic acids is 1. The van der Waals surface area contributed by atoms with Crippen LogP contribution in [0.2, 0.25) is 10.0 Å². The topological polar surface area (TPSA) is 56.1 Å². The number of rotatable bonds is 7. The van der Waals surface area contributed by atoms with E-state index in [4.69, 9.17) is 27.9 Å². The quantitative estimate of drug-likeness (QED) is 0.321. The van der Waals surface area contributed by atoms with Crippen molar-refractivity contribution in [3.05, 3.63) is 111 Å². The molecular formula is C26H23Cl2N3O2. The number of halogens is 2. The highest BCUT2D eigenvalue weighted by atomic mass is 35.5. The maximum atomic E-state index is 12.7. The van der Waals surface area contributed by atoms with Crippen molar-refractivity contribution >= 4 is 34.9 Å². The number of hydrogen-bond donors (Lipinski definition) is 1. The monoisotopic (exact) mass is 479 g/mol. The van der Waals surface area contributed by atoms with E-state index in [1.165, 1.54) is 0 Å². The normalized spacial score (nSPS) is 10.8. The van der Waals surface area contributed by atoms with E-state index in [-0.39, 0.29) is 5.91 Å². The average Bonchev–Trinajstić information content (AvgIpc) is 3.14. The van der Waals surface area contributed by atoms with Gasteiger partial charge in [0.15, 0.2) is 5.82 Å². The predicted molar refractivity (Wildman–Crippen MR) is 132 cm³/mol. The van der Waals surface area contributed by atoms with Gasteiger partial charge >= 0.3 is 0 Å². The molecule has 0 atom stereocenters. The third-order valence-corrected chi connectivity index (χ3v) is 5.73. The van der Waals surface area contributed by atoms with Crippen molar-refractivity contribution in [1.29, 1.82) is 0 Å². The zero-order chi connectivity index (χ0) is 23.4. The van der Waals surface area contributed by atoms with Crippen LogP contribution >= 0.6 is 23.2 Å². The maximum Gasteiger partial charge on any atom is 0.256 e. The molecule has 4 rings (SSSR count). The Balaban J connectivity index is 1.36. The van der Waals surface area contributed by atoms with Crippen LogP contribution in [-0.4, -0.2) is 15.7 Å². The Morgan fingerprint density at radius 1 is 0.939 bits per heavy atom. The van der Waals surface area contributed by atoms with Gasteiger partial charge in [0.1, 0.15) is 12.4 Å². The summed E-state index contributed by atoms with van der Waals surface area (Å²) in [7, 11) is 0. The van der Waals surface area contributed by atoms with Gasteiger partial charge in [0, 0.05) is 22.3 Å². The lowest BCUT2D eigenvalue weighted by Gasteiger charge is -2.09. The van der Waals surface area contributed by atoms with Crippen LogP contribution in [0.1, 0.15) is 32.7 Å². The van der Waals surface area contributed by atoms with Gasteiger partial charge in [0.2, 0.25) is 0 Å². The molecule has 1 N–H and O–H groups in total. The lowest BCUT2D eigenvalue weighted by molar-refractivity contribution is 0.102. The minimum absolute atomic E-state index is 0.222. The van der Waals surface area contributed by atoms with Gasteiger partial charge in [0.05, 0.1) is 11.6 Å². The van der Waals surface area contributed by atoms with Crippen LogP contribution in [0.25, 0.3) is 0 Å². The van der Waals surface area contributed by atoms with Gasteiger partial charge in [0.25, 0.3) is 5.91 Å². The van der Waals surface area contributed by atoms with E-state index in [1.807, 2.05) is 79.2 Å². The van der Waals surface area contributed by atoms with Crippen molar-refractivity contribution in [3.8, 4) is 5.75 Å². The number of nitrogens with one attached hydrogen (secondary N) is 1. The molecule has 0 spiro atoms. The summed E-state index contributed by atoms with van der Waals surface area (Å²) in [6.45, 7) is 4.89. The number of ether oxygens (including phenoxy) is 1. The number of aromatic nitrogens is 2. The first-order valence-electron chi connectivity index (χ1n) is 10.5. The lowest BCUT2D eigenvalue weighted by atomic mass is 10.1. The van der Waals surface area contributed by atoms with E-state index in [0.717, 1.165) is 22.4 Å². The van der Waals surface area contributed by atoms with Crippen molar-refractivity contribution in [2.45, 2.75) is 27.0 Å². The van der Waals surface area contributed by atoms with Crippen LogP contribution in [-0.2, 0) is 13.2 Å². The van der Waals surface area contributed by atoms with E-state index in [2.05, 4.69) is 10.4 Å². The summed E-state index contributed by atoms with van der Waals surface area (Å²) >= 11 is 12.1. The van der Waals surface area contributed by atoms with Gasteiger partial charge in [-0.05, 0) is 66.9 Å². The highest BCUT2D eigenvalue weighted by molar-refractivity contribution is 6.32. The standard InChI is InChI=1S/C26H23Cl2N3O2/c1-17-3-12-23(28)24(13-17)33-16-20-4-8-21(9-5-20)26(32)29-25-14-18(2)31(30-25)15-19-6-10-22(27)11-7-19/h3-14H,15-16H2,1-2H3,(H,29,30,32). The van der Waals surface area contributed by atoms with Crippen LogP contribution in [0.5, 0.6) is 5.75 Å². The Morgan fingerprint density at radius 3 is 2.36 bits per heavy atom. The zero-order valence-corrected chi connectivity index (χ0v) is 19.8. The van der Waals surface area contributed by atoms with Crippen LogP contribution in [0.3, 0.4) is 0 Å². The van der Waals surface area contributed by atoms with E-state index >= 15 is 0 Å². The summed E-state index contributed by atoms with van der Waals surface area (Å²) in [5.41, 5.74) is 4.58. The van der Waals surface area contributed by atoms with Gasteiger partial charge in [-0.3, -0.25) is 9.48 Å². The molecule has 0 saturated heterocycles. The summed E-state index contributed by atoms with van der Waals surface area (Å²) in [6.07, 6.45) is 0. The second kappa shape index (κ2) is 10.1. The maximum absolute atomic E-state index is 12.7. The van der Waals surface area contributed by atoms with E-state index in [1.54, 1.807) is 12.1 Å². The first-order valence-corrected chi connectivity index (χ1v) is 11.2. The number of benzene rings is 3. The molecule has 0 saturated carbocycles. The SMILES string of the molecule is Cc1ccc(Cl)c(OCc2ccc(C(=O)Nc3cc(C)n(Cc4ccc(Cl)cc4)n3)cc2)c1. The number of amides is 1. The molecule has 168 valence electrons. The van der Waals surface area contributed by atoms with Gasteiger partial charge in [-0.25, -0.2) is 0 Å². The van der Waals surface area contributed by atoms with Crippen molar-refractivity contribution in [2.24, 2.45) is 0 Å². The molecule has 1 aromatic heterocycles. The lowest BCUT2D eigenvalue weighted by Crippen LogP contribution is -2.13. The molecule has 7 heteroatoms. The number of hydrogen-bond acceptors (Lipinski definition) is 3. The van der Waals surface area contributed by atoms with E-state index < -0.39 is 0 Å². The molecule has 1 heterocycles. The Hall–Kier alpha value is -3.28. The Kier molecular flexibility index (Phi) is 7.02. The highest BCUT2D eigenvalue weighted by Gasteiger charge is 2.11. The minimum Gasteiger partial charge on any atom is -0.487 e. The number of anilines is 1. The molecular weight excluding hydrogens is 457 g/mol. The van der Waals surface area contributed by atoms with Crippen molar-refractivity contribution < 1.29 is 9.53 Å². The summed E-state index contributed by atoms with van der Waals surface area (Å²) in [4.78, 5) is 12.7. The van der Waals surface area contributed by atoms with Crippen LogP contribution in [0.4, 0.5) is 5.82 Å². The van der Waals surface area contributed by atoms with Crippen LogP contribution in [0, 0.1) is 13.8 Å². The molecule has 0 aliphatic carbocycles. The Labute approximate surface area is 202 Å².